The van der Waals surface area contributed by atoms with Gasteiger partial charge in [-0.3, -0.25) is 9.78 Å². The van der Waals surface area contributed by atoms with Crippen molar-refractivity contribution in [2.75, 3.05) is 6.61 Å². The van der Waals surface area contributed by atoms with Crippen molar-refractivity contribution in [2.45, 2.75) is 19.4 Å². The molecule has 0 spiro atoms. The summed E-state index contributed by atoms with van der Waals surface area (Å²) in [5.41, 5.74) is 1.05. The van der Waals surface area contributed by atoms with E-state index in [9.17, 15) is 4.79 Å². The molecule has 1 amide bonds. The van der Waals surface area contributed by atoms with E-state index in [0.717, 1.165) is 11.3 Å². The molecular formula is C16H18N2O2. The van der Waals surface area contributed by atoms with Crippen molar-refractivity contribution in [1.82, 2.24) is 10.3 Å². The van der Waals surface area contributed by atoms with Crippen molar-refractivity contribution in [3.8, 4) is 5.75 Å². The van der Waals surface area contributed by atoms with Crippen molar-refractivity contribution in [3.63, 3.8) is 0 Å². The molecule has 0 saturated carbocycles. The van der Waals surface area contributed by atoms with Crippen LogP contribution in [-0.2, 0) is 11.3 Å². The van der Waals surface area contributed by atoms with Gasteiger partial charge in [0.2, 0.25) is 5.91 Å². The maximum atomic E-state index is 11.6. The molecule has 1 N–H and O–H groups in total. The van der Waals surface area contributed by atoms with Crippen LogP contribution in [-0.4, -0.2) is 17.5 Å². The summed E-state index contributed by atoms with van der Waals surface area (Å²) in [4.78, 5) is 15.6. The van der Waals surface area contributed by atoms with E-state index < -0.39 is 0 Å². The summed E-state index contributed by atoms with van der Waals surface area (Å²) in [6.45, 7) is 1.09. The lowest BCUT2D eigenvalue weighted by molar-refractivity contribution is -0.121. The van der Waals surface area contributed by atoms with Crippen LogP contribution in [0.4, 0.5) is 0 Å². The standard InChI is InChI=1S/C16H18N2O2/c19-16(18-13-14-8-10-17-11-9-14)7-4-12-20-15-5-2-1-3-6-15/h1-3,5-6,8-11H,4,7,12-13H2,(H,18,19). The fourth-order valence-electron chi connectivity index (χ4n) is 1.73. The largest absolute Gasteiger partial charge is 0.494 e. The van der Waals surface area contributed by atoms with Crippen LogP contribution in [0.2, 0.25) is 0 Å². The molecule has 0 bridgehead atoms. The normalized spacial score (nSPS) is 10.0. The minimum atomic E-state index is 0.0403. The van der Waals surface area contributed by atoms with Gasteiger partial charge in [0.1, 0.15) is 5.75 Å². The third-order valence-electron chi connectivity index (χ3n) is 2.80. The van der Waals surface area contributed by atoms with Gasteiger partial charge in [-0.1, -0.05) is 18.2 Å². The topological polar surface area (TPSA) is 51.2 Å². The number of hydrogen-bond donors (Lipinski definition) is 1. The van der Waals surface area contributed by atoms with Gasteiger partial charge in [-0.25, -0.2) is 0 Å². The molecular weight excluding hydrogens is 252 g/mol. The number of carbonyl (C=O) groups is 1. The number of hydrogen-bond acceptors (Lipinski definition) is 3. The Morgan fingerprint density at radius 2 is 1.85 bits per heavy atom. The second kappa shape index (κ2) is 7.94. The summed E-state index contributed by atoms with van der Waals surface area (Å²) in [5.74, 6) is 0.878. The van der Waals surface area contributed by atoms with Gasteiger partial charge < -0.3 is 10.1 Å². The number of ether oxygens (including phenoxy) is 1. The number of amides is 1. The number of benzene rings is 1. The van der Waals surface area contributed by atoms with E-state index in [2.05, 4.69) is 10.3 Å². The fourth-order valence-corrected chi connectivity index (χ4v) is 1.73. The van der Waals surface area contributed by atoms with Gasteiger partial charge in [-0.15, -0.1) is 0 Å². The Labute approximate surface area is 118 Å². The lowest BCUT2D eigenvalue weighted by Crippen LogP contribution is -2.22. The third-order valence-corrected chi connectivity index (χ3v) is 2.80. The predicted octanol–water partition coefficient (Wildman–Crippen LogP) is 2.56. The molecule has 2 aromatic rings. The Morgan fingerprint density at radius 1 is 1.10 bits per heavy atom. The molecule has 0 atom stereocenters. The first kappa shape index (κ1) is 14.1. The van der Waals surface area contributed by atoms with Gasteiger partial charge in [-0.2, -0.15) is 0 Å². The monoisotopic (exact) mass is 270 g/mol. The van der Waals surface area contributed by atoms with Crippen molar-refractivity contribution >= 4 is 5.91 Å². The van der Waals surface area contributed by atoms with Gasteiger partial charge in [0.15, 0.2) is 0 Å². The molecule has 0 radical (unpaired) electrons. The van der Waals surface area contributed by atoms with E-state index in [1.165, 1.54) is 0 Å². The van der Waals surface area contributed by atoms with Crippen LogP contribution in [0, 0.1) is 0 Å². The molecule has 0 fully saturated rings. The van der Waals surface area contributed by atoms with Crippen molar-refractivity contribution in [3.05, 3.63) is 60.4 Å². The van der Waals surface area contributed by atoms with Gasteiger partial charge >= 0.3 is 0 Å². The Bertz CT molecular complexity index is 515. The van der Waals surface area contributed by atoms with Crippen LogP contribution in [0.25, 0.3) is 0 Å². The molecule has 0 saturated heterocycles. The average molecular weight is 270 g/mol. The smallest absolute Gasteiger partial charge is 0.220 e. The molecule has 4 nitrogen and oxygen atoms in total. The number of carbonyl (C=O) groups excluding carboxylic acids is 1. The number of rotatable bonds is 7. The second-order valence-corrected chi connectivity index (χ2v) is 4.40. The molecule has 1 aromatic heterocycles. The van der Waals surface area contributed by atoms with Crippen molar-refractivity contribution in [1.29, 1.82) is 0 Å². The fraction of sp³-hybridized carbons (Fsp3) is 0.250. The zero-order chi connectivity index (χ0) is 14.0. The quantitative estimate of drug-likeness (QED) is 0.787. The summed E-state index contributed by atoms with van der Waals surface area (Å²) < 4.78 is 5.53. The van der Waals surface area contributed by atoms with Crippen LogP contribution in [0.1, 0.15) is 18.4 Å². The predicted molar refractivity (Wildman–Crippen MR) is 77.3 cm³/mol. The summed E-state index contributed by atoms with van der Waals surface area (Å²) in [5, 5.41) is 2.88. The Hall–Kier alpha value is -2.36. The van der Waals surface area contributed by atoms with Gasteiger partial charge in [-0.05, 0) is 36.2 Å². The number of nitrogens with one attached hydrogen (secondary N) is 1. The van der Waals surface area contributed by atoms with E-state index in [1.807, 2.05) is 42.5 Å². The molecule has 20 heavy (non-hydrogen) atoms. The molecule has 104 valence electrons. The molecule has 2 rings (SSSR count). The van der Waals surface area contributed by atoms with E-state index in [4.69, 9.17) is 4.74 Å². The first-order valence-electron chi connectivity index (χ1n) is 6.68. The van der Waals surface area contributed by atoms with Crippen LogP contribution in [0.15, 0.2) is 54.9 Å². The van der Waals surface area contributed by atoms with E-state index >= 15 is 0 Å². The minimum absolute atomic E-state index is 0.0403. The average Bonchev–Trinajstić information content (AvgIpc) is 2.52. The number of nitrogens with zero attached hydrogens (tertiary/aromatic N) is 1. The van der Waals surface area contributed by atoms with E-state index in [1.54, 1.807) is 12.4 Å². The molecule has 1 heterocycles. The van der Waals surface area contributed by atoms with Crippen molar-refractivity contribution < 1.29 is 9.53 Å². The number of aromatic nitrogens is 1. The molecule has 0 aliphatic rings. The maximum absolute atomic E-state index is 11.6. The lowest BCUT2D eigenvalue weighted by Gasteiger charge is -2.07. The Kier molecular flexibility index (Phi) is 5.58. The highest BCUT2D eigenvalue weighted by Gasteiger charge is 2.01. The molecule has 4 heteroatoms. The SMILES string of the molecule is O=C(CCCOc1ccccc1)NCc1ccncc1. The summed E-state index contributed by atoms with van der Waals surface area (Å²) in [6, 6.07) is 13.4. The first-order chi connectivity index (χ1) is 9.84. The molecule has 0 unspecified atom stereocenters. The zero-order valence-corrected chi connectivity index (χ0v) is 11.3. The second-order valence-electron chi connectivity index (χ2n) is 4.40. The van der Waals surface area contributed by atoms with Gasteiger partial charge in [0, 0.05) is 25.4 Å². The highest BCUT2D eigenvalue weighted by atomic mass is 16.5. The Balaban J connectivity index is 1.59. The maximum Gasteiger partial charge on any atom is 0.220 e. The molecule has 0 aliphatic carbocycles. The summed E-state index contributed by atoms with van der Waals surface area (Å²) >= 11 is 0. The zero-order valence-electron chi connectivity index (χ0n) is 11.3. The molecule has 0 aliphatic heterocycles. The minimum Gasteiger partial charge on any atom is -0.494 e. The first-order valence-corrected chi connectivity index (χ1v) is 6.68. The van der Waals surface area contributed by atoms with Gasteiger partial charge in [0.25, 0.3) is 0 Å². The van der Waals surface area contributed by atoms with E-state index in [0.29, 0.717) is 26.0 Å². The van der Waals surface area contributed by atoms with E-state index in [-0.39, 0.29) is 5.91 Å². The van der Waals surface area contributed by atoms with Crippen LogP contribution < -0.4 is 10.1 Å². The summed E-state index contributed by atoms with van der Waals surface area (Å²) in [7, 11) is 0. The highest BCUT2D eigenvalue weighted by Crippen LogP contribution is 2.08. The van der Waals surface area contributed by atoms with Crippen LogP contribution in [0.5, 0.6) is 5.75 Å². The summed E-state index contributed by atoms with van der Waals surface area (Å²) in [6.07, 6.45) is 4.61. The van der Waals surface area contributed by atoms with Crippen LogP contribution in [0.3, 0.4) is 0 Å². The van der Waals surface area contributed by atoms with Crippen LogP contribution >= 0.6 is 0 Å². The van der Waals surface area contributed by atoms with Gasteiger partial charge in [0.05, 0.1) is 6.61 Å². The number of para-hydroxylation sites is 1. The number of pyridine rings is 1. The van der Waals surface area contributed by atoms with Crippen molar-refractivity contribution in [2.24, 2.45) is 0 Å². The highest BCUT2D eigenvalue weighted by molar-refractivity contribution is 5.75. The lowest BCUT2D eigenvalue weighted by atomic mass is 10.2. The molecule has 1 aromatic carbocycles. The Morgan fingerprint density at radius 3 is 2.60 bits per heavy atom. The third kappa shape index (κ3) is 5.10.